The van der Waals surface area contributed by atoms with Crippen molar-refractivity contribution in [3.8, 4) is 6.07 Å². The van der Waals surface area contributed by atoms with Crippen molar-refractivity contribution in [3.05, 3.63) is 0 Å². The molecule has 0 spiro atoms. The Bertz CT molecular complexity index is 433. The Kier molecular flexibility index (Phi) is 5.11. The van der Waals surface area contributed by atoms with Crippen LogP contribution in [0.2, 0.25) is 0 Å². The molecule has 1 aliphatic carbocycles. The molecule has 0 atom stereocenters. The van der Waals surface area contributed by atoms with Crippen LogP contribution in [0.4, 0.5) is 0 Å². The summed E-state index contributed by atoms with van der Waals surface area (Å²) in [6.45, 7) is 0.349. The number of carbonyl (C=O) groups is 1. The second-order valence-corrected chi connectivity index (χ2v) is 6.51. The Morgan fingerprint density at radius 2 is 1.89 bits per heavy atom. The van der Waals surface area contributed by atoms with Crippen LogP contribution >= 0.6 is 0 Å². The SMILES string of the molecule is CS(=O)(=O)NCCNC(=O)C1(C#N)CCCCC1. The van der Waals surface area contributed by atoms with E-state index in [4.69, 9.17) is 0 Å². The topological polar surface area (TPSA) is 99.1 Å². The summed E-state index contributed by atoms with van der Waals surface area (Å²) in [6, 6.07) is 2.12. The van der Waals surface area contributed by atoms with Gasteiger partial charge in [-0.25, -0.2) is 13.1 Å². The molecule has 1 saturated carbocycles. The first kappa shape index (κ1) is 14.9. The fourth-order valence-corrected chi connectivity index (χ4v) is 2.60. The summed E-state index contributed by atoms with van der Waals surface area (Å²) in [7, 11) is -3.23. The van der Waals surface area contributed by atoms with Crippen molar-refractivity contribution in [1.82, 2.24) is 10.0 Å². The van der Waals surface area contributed by atoms with E-state index in [1.54, 1.807) is 0 Å². The van der Waals surface area contributed by atoms with Gasteiger partial charge in [0, 0.05) is 13.1 Å². The molecular formula is C11H19N3O3S. The van der Waals surface area contributed by atoms with E-state index in [2.05, 4.69) is 16.1 Å². The first-order valence-electron chi connectivity index (χ1n) is 6.04. The monoisotopic (exact) mass is 273 g/mol. The van der Waals surface area contributed by atoms with E-state index in [9.17, 15) is 18.5 Å². The van der Waals surface area contributed by atoms with E-state index in [0.717, 1.165) is 25.5 Å². The van der Waals surface area contributed by atoms with Crippen molar-refractivity contribution >= 4 is 15.9 Å². The third kappa shape index (κ3) is 4.27. The number of amides is 1. The van der Waals surface area contributed by atoms with E-state index in [0.29, 0.717) is 12.8 Å². The number of nitrogens with zero attached hydrogens (tertiary/aromatic N) is 1. The minimum atomic E-state index is -3.23. The molecule has 0 radical (unpaired) electrons. The first-order valence-corrected chi connectivity index (χ1v) is 7.93. The van der Waals surface area contributed by atoms with Crippen LogP contribution < -0.4 is 10.0 Å². The largest absolute Gasteiger partial charge is 0.353 e. The molecule has 1 amide bonds. The molecule has 0 bridgehead atoms. The summed E-state index contributed by atoms with van der Waals surface area (Å²) in [5.41, 5.74) is -0.913. The molecule has 2 N–H and O–H groups in total. The number of hydrogen-bond acceptors (Lipinski definition) is 4. The van der Waals surface area contributed by atoms with Gasteiger partial charge in [-0.3, -0.25) is 4.79 Å². The Morgan fingerprint density at radius 3 is 2.39 bits per heavy atom. The molecule has 0 aromatic heterocycles. The van der Waals surface area contributed by atoms with Crippen molar-refractivity contribution in [2.45, 2.75) is 32.1 Å². The lowest BCUT2D eigenvalue weighted by Gasteiger charge is -2.29. The van der Waals surface area contributed by atoms with Gasteiger partial charge in [0.05, 0.1) is 12.3 Å². The molecule has 0 saturated heterocycles. The molecule has 18 heavy (non-hydrogen) atoms. The minimum Gasteiger partial charge on any atom is -0.353 e. The molecule has 1 rings (SSSR count). The Hall–Kier alpha value is -1.13. The van der Waals surface area contributed by atoms with Crippen LogP contribution in [0.25, 0.3) is 0 Å². The predicted molar refractivity (Wildman–Crippen MR) is 67.0 cm³/mol. The van der Waals surface area contributed by atoms with Gasteiger partial charge in [0.15, 0.2) is 0 Å². The number of nitrogens with one attached hydrogen (secondary N) is 2. The highest BCUT2D eigenvalue weighted by Gasteiger charge is 2.39. The molecule has 6 nitrogen and oxygen atoms in total. The molecule has 0 heterocycles. The Labute approximate surface area is 108 Å². The van der Waals surface area contributed by atoms with E-state index >= 15 is 0 Å². The van der Waals surface area contributed by atoms with Crippen molar-refractivity contribution in [2.24, 2.45) is 5.41 Å². The highest BCUT2D eigenvalue weighted by Crippen LogP contribution is 2.35. The summed E-state index contributed by atoms with van der Waals surface area (Å²) < 4.78 is 23.9. The van der Waals surface area contributed by atoms with Gasteiger partial charge >= 0.3 is 0 Å². The third-order valence-corrected chi connectivity index (χ3v) is 3.86. The number of sulfonamides is 1. The quantitative estimate of drug-likeness (QED) is 0.695. The standard InChI is InChI=1S/C11H19N3O3S/c1-18(16,17)14-8-7-13-10(15)11(9-12)5-3-2-4-6-11/h14H,2-8H2,1H3,(H,13,15). The fraction of sp³-hybridized carbons (Fsp3) is 0.818. The number of rotatable bonds is 5. The van der Waals surface area contributed by atoms with Crippen LogP contribution in [-0.4, -0.2) is 33.7 Å². The minimum absolute atomic E-state index is 0.145. The van der Waals surface area contributed by atoms with E-state index in [1.807, 2.05) is 0 Å². The zero-order valence-corrected chi connectivity index (χ0v) is 11.3. The second kappa shape index (κ2) is 6.16. The van der Waals surface area contributed by atoms with Gasteiger partial charge in [0.1, 0.15) is 5.41 Å². The first-order chi connectivity index (χ1) is 8.40. The smallest absolute Gasteiger partial charge is 0.240 e. The van der Waals surface area contributed by atoms with Crippen LogP contribution in [-0.2, 0) is 14.8 Å². The molecule has 7 heteroatoms. The maximum atomic E-state index is 12.0. The van der Waals surface area contributed by atoms with Crippen molar-refractivity contribution in [1.29, 1.82) is 5.26 Å². The number of carbonyl (C=O) groups excluding carboxylic acids is 1. The lowest BCUT2D eigenvalue weighted by Crippen LogP contribution is -2.44. The molecular weight excluding hydrogens is 254 g/mol. The fourth-order valence-electron chi connectivity index (χ4n) is 2.13. The van der Waals surface area contributed by atoms with Crippen molar-refractivity contribution in [2.75, 3.05) is 19.3 Å². The molecule has 0 aliphatic heterocycles. The predicted octanol–water partition coefficient (Wildman–Crippen LogP) is 0.126. The zero-order valence-electron chi connectivity index (χ0n) is 10.5. The highest BCUT2D eigenvalue weighted by molar-refractivity contribution is 7.88. The molecule has 102 valence electrons. The van der Waals surface area contributed by atoms with E-state index in [1.165, 1.54) is 0 Å². The number of hydrogen-bond donors (Lipinski definition) is 2. The molecule has 1 aliphatic rings. The average molecular weight is 273 g/mol. The molecule has 0 aromatic carbocycles. The van der Waals surface area contributed by atoms with Crippen LogP contribution in [0.3, 0.4) is 0 Å². The third-order valence-electron chi connectivity index (χ3n) is 3.13. The van der Waals surface area contributed by atoms with E-state index < -0.39 is 15.4 Å². The Morgan fingerprint density at radius 1 is 1.28 bits per heavy atom. The highest BCUT2D eigenvalue weighted by atomic mass is 32.2. The van der Waals surface area contributed by atoms with Gasteiger partial charge in [-0.1, -0.05) is 19.3 Å². The summed E-state index contributed by atoms with van der Waals surface area (Å²) in [5.74, 6) is -0.278. The maximum Gasteiger partial charge on any atom is 0.240 e. The summed E-state index contributed by atoms with van der Waals surface area (Å²) in [6.07, 6.45) is 5.09. The molecule has 0 aromatic rings. The van der Waals surface area contributed by atoms with Gasteiger partial charge in [-0.2, -0.15) is 5.26 Å². The number of nitriles is 1. The zero-order chi connectivity index (χ0) is 13.6. The summed E-state index contributed by atoms with van der Waals surface area (Å²) in [4.78, 5) is 12.0. The summed E-state index contributed by atoms with van der Waals surface area (Å²) >= 11 is 0. The van der Waals surface area contributed by atoms with Gasteiger partial charge in [-0.05, 0) is 12.8 Å². The molecule has 1 fully saturated rings. The van der Waals surface area contributed by atoms with E-state index in [-0.39, 0.29) is 19.0 Å². The Balaban J connectivity index is 2.42. The average Bonchev–Trinajstić information content (AvgIpc) is 2.34. The lowest BCUT2D eigenvalue weighted by molar-refractivity contribution is -0.129. The lowest BCUT2D eigenvalue weighted by atomic mass is 9.74. The second-order valence-electron chi connectivity index (χ2n) is 4.68. The van der Waals surface area contributed by atoms with Gasteiger partial charge < -0.3 is 5.32 Å². The van der Waals surface area contributed by atoms with Gasteiger partial charge in [-0.15, -0.1) is 0 Å². The van der Waals surface area contributed by atoms with Crippen molar-refractivity contribution in [3.63, 3.8) is 0 Å². The van der Waals surface area contributed by atoms with Crippen LogP contribution in [0, 0.1) is 16.7 Å². The van der Waals surface area contributed by atoms with Gasteiger partial charge in [0.25, 0.3) is 0 Å². The van der Waals surface area contributed by atoms with Crippen molar-refractivity contribution < 1.29 is 13.2 Å². The normalized spacial score (nSPS) is 18.9. The summed E-state index contributed by atoms with van der Waals surface area (Å²) in [5, 5.41) is 11.8. The van der Waals surface area contributed by atoms with Gasteiger partial charge in [0.2, 0.25) is 15.9 Å². The van der Waals surface area contributed by atoms with Crippen LogP contribution in [0.1, 0.15) is 32.1 Å². The molecule has 0 unspecified atom stereocenters. The van der Waals surface area contributed by atoms with Crippen LogP contribution in [0.15, 0.2) is 0 Å². The van der Waals surface area contributed by atoms with Crippen LogP contribution in [0.5, 0.6) is 0 Å². The maximum absolute atomic E-state index is 12.0.